The molecule has 1 rings (SSSR count). The van der Waals surface area contributed by atoms with Gasteiger partial charge in [0.25, 0.3) is 0 Å². The maximum atomic E-state index is 5.84. The second-order valence-electron chi connectivity index (χ2n) is 4.61. The summed E-state index contributed by atoms with van der Waals surface area (Å²) in [5, 5.41) is 0. The van der Waals surface area contributed by atoms with Crippen molar-refractivity contribution in [2.24, 2.45) is 5.73 Å². The van der Waals surface area contributed by atoms with Gasteiger partial charge >= 0.3 is 0 Å². The minimum atomic E-state index is 0.656. The van der Waals surface area contributed by atoms with E-state index in [9.17, 15) is 0 Å². The fraction of sp³-hybridized carbons (Fsp3) is 1.00. The summed E-state index contributed by atoms with van der Waals surface area (Å²) in [5.74, 6) is 1.30. The Kier molecular flexibility index (Phi) is 6.69. The van der Waals surface area contributed by atoms with Gasteiger partial charge in [-0.25, -0.2) is 0 Å². The Morgan fingerprint density at radius 3 is 2.80 bits per heavy atom. The third-order valence-corrected chi connectivity index (χ3v) is 4.18. The topological polar surface area (TPSA) is 29.3 Å². The van der Waals surface area contributed by atoms with E-state index in [0.717, 1.165) is 12.6 Å². The summed E-state index contributed by atoms with van der Waals surface area (Å²) in [7, 11) is 0. The molecule has 3 heteroatoms. The number of nitrogens with zero attached hydrogens (tertiary/aromatic N) is 1. The standard InChI is InChI=1S/C12H26N2S/c1-11-6-5-7-12(10-13)14(11)8-3-4-9-15-2/h11-12H,3-10,13H2,1-2H3. The van der Waals surface area contributed by atoms with Crippen LogP contribution in [0.3, 0.4) is 0 Å². The Balaban J connectivity index is 2.27. The molecule has 1 heterocycles. The van der Waals surface area contributed by atoms with E-state index in [-0.39, 0.29) is 0 Å². The molecule has 1 saturated heterocycles. The molecule has 1 aliphatic rings. The van der Waals surface area contributed by atoms with Gasteiger partial charge in [-0.05, 0) is 51.2 Å². The minimum Gasteiger partial charge on any atom is -0.329 e. The predicted molar refractivity (Wildman–Crippen MR) is 70.5 cm³/mol. The van der Waals surface area contributed by atoms with Gasteiger partial charge in [-0.1, -0.05) is 6.42 Å². The van der Waals surface area contributed by atoms with Crippen LogP contribution in [0.2, 0.25) is 0 Å². The molecular weight excluding hydrogens is 204 g/mol. The number of rotatable bonds is 6. The summed E-state index contributed by atoms with van der Waals surface area (Å²) in [5.41, 5.74) is 5.84. The van der Waals surface area contributed by atoms with E-state index in [1.807, 2.05) is 11.8 Å². The van der Waals surface area contributed by atoms with E-state index in [1.54, 1.807) is 0 Å². The van der Waals surface area contributed by atoms with Crippen LogP contribution in [-0.4, -0.2) is 42.1 Å². The lowest BCUT2D eigenvalue weighted by Gasteiger charge is -2.40. The Labute approximate surface area is 99.0 Å². The van der Waals surface area contributed by atoms with Crippen LogP contribution in [0.5, 0.6) is 0 Å². The van der Waals surface area contributed by atoms with Gasteiger partial charge in [-0.3, -0.25) is 4.90 Å². The first-order valence-corrected chi connectivity index (χ1v) is 7.63. The summed E-state index contributed by atoms with van der Waals surface area (Å²) in [6.45, 7) is 4.45. The van der Waals surface area contributed by atoms with Gasteiger partial charge in [0.2, 0.25) is 0 Å². The second kappa shape index (κ2) is 7.53. The fourth-order valence-corrected chi connectivity index (χ4v) is 3.03. The Hall–Kier alpha value is 0.270. The summed E-state index contributed by atoms with van der Waals surface area (Å²) in [6.07, 6.45) is 8.91. The molecule has 0 aliphatic carbocycles. The van der Waals surface area contributed by atoms with E-state index in [0.29, 0.717) is 6.04 Å². The monoisotopic (exact) mass is 230 g/mol. The zero-order valence-electron chi connectivity index (χ0n) is 10.2. The molecule has 1 aliphatic heterocycles. The van der Waals surface area contributed by atoms with Gasteiger partial charge in [-0.15, -0.1) is 0 Å². The van der Waals surface area contributed by atoms with E-state index in [4.69, 9.17) is 5.73 Å². The van der Waals surface area contributed by atoms with Crippen molar-refractivity contribution in [2.75, 3.05) is 25.1 Å². The Bertz CT molecular complexity index is 164. The molecule has 1 fully saturated rings. The smallest absolute Gasteiger partial charge is 0.0221 e. The molecule has 0 bridgehead atoms. The lowest BCUT2D eigenvalue weighted by atomic mass is 9.96. The van der Waals surface area contributed by atoms with Crippen LogP contribution in [0.4, 0.5) is 0 Å². The van der Waals surface area contributed by atoms with Crippen LogP contribution < -0.4 is 5.73 Å². The zero-order valence-corrected chi connectivity index (χ0v) is 11.1. The zero-order chi connectivity index (χ0) is 11.1. The van der Waals surface area contributed by atoms with Crippen molar-refractivity contribution in [3.8, 4) is 0 Å². The van der Waals surface area contributed by atoms with E-state index in [2.05, 4.69) is 18.1 Å². The van der Waals surface area contributed by atoms with Gasteiger partial charge in [-0.2, -0.15) is 11.8 Å². The molecule has 0 spiro atoms. The Morgan fingerprint density at radius 1 is 1.33 bits per heavy atom. The summed E-state index contributed by atoms with van der Waals surface area (Å²) >= 11 is 1.95. The number of thioether (sulfide) groups is 1. The first-order valence-electron chi connectivity index (χ1n) is 6.24. The minimum absolute atomic E-state index is 0.656. The highest BCUT2D eigenvalue weighted by molar-refractivity contribution is 7.98. The van der Waals surface area contributed by atoms with E-state index >= 15 is 0 Å². The number of nitrogens with two attached hydrogens (primary N) is 1. The van der Waals surface area contributed by atoms with Crippen molar-refractivity contribution in [1.29, 1.82) is 0 Å². The molecule has 0 radical (unpaired) electrons. The Morgan fingerprint density at radius 2 is 2.13 bits per heavy atom. The van der Waals surface area contributed by atoms with Crippen molar-refractivity contribution < 1.29 is 0 Å². The summed E-state index contributed by atoms with van der Waals surface area (Å²) < 4.78 is 0. The molecule has 0 aromatic rings. The van der Waals surface area contributed by atoms with Crippen LogP contribution in [-0.2, 0) is 0 Å². The SMILES string of the molecule is CSCCCCN1C(C)CCCC1CN. The third kappa shape index (κ3) is 4.33. The van der Waals surface area contributed by atoms with E-state index in [1.165, 1.54) is 44.4 Å². The van der Waals surface area contributed by atoms with Gasteiger partial charge in [0.15, 0.2) is 0 Å². The lowest BCUT2D eigenvalue weighted by Crippen LogP contribution is -2.49. The van der Waals surface area contributed by atoms with E-state index < -0.39 is 0 Å². The fourth-order valence-electron chi connectivity index (χ4n) is 2.54. The molecule has 2 atom stereocenters. The molecule has 2 N–H and O–H groups in total. The molecular formula is C12H26N2S. The largest absolute Gasteiger partial charge is 0.329 e. The van der Waals surface area contributed by atoms with Crippen molar-refractivity contribution >= 4 is 11.8 Å². The molecule has 0 aromatic carbocycles. The predicted octanol–water partition coefficient (Wildman–Crippen LogP) is 2.33. The van der Waals surface area contributed by atoms with Crippen LogP contribution in [0, 0.1) is 0 Å². The van der Waals surface area contributed by atoms with Crippen LogP contribution in [0.25, 0.3) is 0 Å². The molecule has 15 heavy (non-hydrogen) atoms. The second-order valence-corrected chi connectivity index (χ2v) is 5.59. The highest BCUT2D eigenvalue weighted by Gasteiger charge is 2.25. The maximum absolute atomic E-state index is 5.84. The summed E-state index contributed by atoms with van der Waals surface area (Å²) in [4.78, 5) is 2.64. The normalized spacial score (nSPS) is 28.2. The quantitative estimate of drug-likeness (QED) is 0.710. The number of unbranched alkanes of at least 4 members (excludes halogenated alkanes) is 1. The first-order chi connectivity index (χ1) is 7.29. The highest BCUT2D eigenvalue weighted by Crippen LogP contribution is 2.22. The highest BCUT2D eigenvalue weighted by atomic mass is 32.2. The van der Waals surface area contributed by atoms with Crippen LogP contribution in [0.1, 0.15) is 39.0 Å². The van der Waals surface area contributed by atoms with Crippen LogP contribution >= 0.6 is 11.8 Å². The average molecular weight is 230 g/mol. The molecule has 0 aromatic heterocycles. The average Bonchev–Trinajstić information content (AvgIpc) is 2.26. The summed E-state index contributed by atoms with van der Waals surface area (Å²) in [6, 6.07) is 1.41. The molecule has 2 nitrogen and oxygen atoms in total. The number of likely N-dealkylation sites (tertiary alicyclic amines) is 1. The van der Waals surface area contributed by atoms with Gasteiger partial charge in [0.1, 0.15) is 0 Å². The molecule has 2 unspecified atom stereocenters. The maximum Gasteiger partial charge on any atom is 0.0221 e. The van der Waals surface area contributed by atoms with Crippen LogP contribution in [0.15, 0.2) is 0 Å². The van der Waals surface area contributed by atoms with Gasteiger partial charge in [0, 0.05) is 18.6 Å². The van der Waals surface area contributed by atoms with Crippen molar-refractivity contribution in [3.05, 3.63) is 0 Å². The first kappa shape index (κ1) is 13.3. The number of piperidine rings is 1. The third-order valence-electron chi connectivity index (χ3n) is 3.48. The molecule has 90 valence electrons. The number of hydrogen-bond acceptors (Lipinski definition) is 3. The van der Waals surface area contributed by atoms with Gasteiger partial charge < -0.3 is 5.73 Å². The van der Waals surface area contributed by atoms with Crippen molar-refractivity contribution in [2.45, 2.75) is 51.1 Å². The number of hydrogen-bond donors (Lipinski definition) is 1. The lowest BCUT2D eigenvalue weighted by molar-refractivity contribution is 0.0959. The van der Waals surface area contributed by atoms with Crippen molar-refractivity contribution in [1.82, 2.24) is 4.90 Å². The molecule has 0 saturated carbocycles. The molecule has 0 amide bonds. The van der Waals surface area contributed by atoms with Gasteiger partial charge in [0.05, 0.1) is 0 Å². The van der Waals surface area contributed by atoms with Crippen molar-refractivity contribution in [3.63, 3.8) is 0 Å².